The van der Waals surface area contributed by atoms with Gasteiger partial charge in [-0.25, -0.2) is 0 Å². The predicted molar refractivity (Wildman–Crippen MR) is 85.5 cm³/mol. The molecule has 0 spiro atoms. The molecule has 1 fully saturated rings. The number of ether oxygens (including phenoxy) is 2. The number of esters is 1. The van der Waals surface area contributed by atoms with Crippen LogP contribution in [-0.4, -0.2) is 12.6 Å². The summed E-state index contributed by atoms with van der Waals surface area (Å²) in [6.07, 6.45) is 2.51. The van der Waals surface area contributed by atoms with Crippen molar-refractivity contribution in [2.75, 3.05) is 6.61 Å². The van der Waals surface area contributed by atoms with Crippen molar-refractivity contribution in [3.63, 3.8) is 0 Å². The van der Waals surface area contributed by atoms with E-state index in [0.717, 1.165) is 12.2 Å². The Balaban J connectivity index is 1.86. The minimum absolute atomic E-state index is 0.0985. The molecule has 3 heteroatoms. The van der Waals surface area contributed by atoms with Gasteiger partial charge in [0.2, 0.25) is 0 Å². The number of hydrogen-bond acceptors (Lipinski definition) is 3. The molecule has 1 heterocycles. The van der Waals surface area contributed by atoms with Crippen LogP contribution in [0.3, 0.4) is 0 Å². The highest BCUT2D eigenvalue weighted by Gasteiger charge is 2.43. The Labute approximate surface area is 132 Å². The van der Waals surface area contributed by atoms with E-state index in [1.807, 2.05) is 24.3 Å². The molecule has 1 saturated heterocycles. The second kappa shape index (κ2) is 5.88. The first-order valence-electron chi connectivity index (χ1n) is 8.05. The lowest BCUT2D eigenvalue weighted by Gasteiger charge is -2.47. The van der Waals surface area contributed by atoms with Gasteiger partial charge in [0.1, 0.15) is 5.75 Å². The molecular formula is C19H24O3. The topological polar surface area (TPSA) is 35.5 Å². The summed E-state index contributed by atoms with van der Waals surface area (Å²) >= 11 is 0. The van der Waals surface area contributed by atoms with E-state index < -0.39 is 0 Å². The third kappa shape index (κ3) is 2.70. The fourth-order valence-electron chi connectivity index (χ4n) is 4.14. The Morgan fingerprint density at radius 1 is 1.23 bits per heavy atom. The Bertz CT molecular complexity index is 587. The van der Waals surface area contributed by atoms with Gasteiger partial charge in [0, 0.05) is 12.8 Å². The van der Waals surface area contributed by atoms with Crippen molar-refractivity contribution in [3.05, 3.63) is 41.5 Å². The van der Waals surface area contributed by atoms with Gasteiger partial charge in [-0.3, -0.25) is 4.79 Å². The third-order valence-corrected chi connectivity index (χ3v) is 5.23. The average Bonchev–Trinajstić information content (AvgIpc) is 2.45. The molecule has 3 nitrogen and oxygen atoms in total. The lowest BCUT2D eigenvalue weighted by atomic mass is 9.64. The van der Waals surface area contributed by atoms with Crippen LogP contribution in [0.2, 0.25) is 0 Å². The largest absolute Gasteiger partial charge is 0.427 e. The van der Waals surface area contributed by atoms with Crippen LogP contribution in [0.15, 0.2) is 35.9 Å². The lowest BCUT2D eigenvalue weighted by Crippen LogP contribution is -2.42. The van der Waals surface area contributed by atoms with Crippen LogP contribution in [0.5, 0.6) is 5.75 Å². The van der Waals surface area contributed by atoms with E-state index in [-0.39, 0.29) is 12.1 Å². The van der Waals surface area contributed by atoms with Crippen molar-refractivity contribution >= 4 is 5.97 Å². The minimum atomic E-state index is -0.293. The highest BCUT2D eigenvalue weighted by molar-refractivity contribution is 5.69. The molecule has 3 rings (SSSR count). The van der Waals surface area contributed by atoms with Gasteiger partial charge in [-0.2, -0.15) is 0 Å². The number of benzene rings is 1. The van der Waals surface area contributed by atoms with Gasteiger partial charge >= 0.3 is 5.97 Å². The third-order valence-electron chi connectivity index (χ3n) is 5.23. The van der Waals surface area contributed by atoms with Gasteiger partial charge in [-0.15, -0.1) is 0 Å². The van der Waals surface area contributed by atoms with Gasteiger partial charge in [-0.1, -0.05) is 37.6 Å². The summed E-state index contributed by atoms with van der Waals surface area (Å²) in [5.41, 5.74) is 2.60. The number of carbonyl (C=O) groups is 1. The first-order chi connectivity index (χ1) is 10.5. The number of fused-ring (bicyclic) bond motifs is 2. The van der Waals surface area contributed by atoms with Crippen molar-refractivity contribution in [2.45, 2.75) is 33.8 Å². The zero-order valence-electron chi connectivity index (χ0n) is 13.7. The molecule has 22 heavy (non-hydrogen) atoms. The van der Waals surface area contributed by atoms with Crippen LogP contribution in [0.1, 0.15) is 39.4 Å². The Morgan fingerprint density at radius 2 is 1.91 bits per heavy atom. The molecule has 0 radical (unpaired) electrons. The van der Waals surface area contributed by atoms with E-state index in [1.54, 1.807) is 0 Å². The molecule has 118 valence electrons. The molecule has 1 aliphatic carbocycles. The fraction of sp³-hybridized carbons (Fsp3) is 0.526. The molecule has 0 saturated carbocycles. The summed E-state index contributed by atoms with van der Waals surface area (Å²) < 4.78 is 11.3. The monoisotopic (exact) mass is 300 g/mol. The SMILES string of the molecule is CC(=O)Oc1ccc([C@H]2OC[C@H]3[C@@H](C)[C@@H]2C(C)=C[C@H]3C)cc1. The Kier molecular flexibility index (Phi) is 4.09. The fourth-order valence-corrected chi connectivity index (χ4v) is 4.14. The Morgan fingerprint density at radius 3 is 2.55 bits per heavy atom. The van der Waals surface area contributed by atoms with Crippen molar-refractivity contribution in [3.8, 4) is 5.75 Å². The molecule has 0 aromatic heterocycles. The normalized spacial score (nSPS) is 34.0. The quantitative estimate of drug-likeness (QED) is 0.467. The van der Waals surface area contributed by atoms with Crippen LogP contribution in [0.25, 0.3) is 0 Å². The highest BCUT2D eigenvalue weighted by atomic mass is 16.5. The summed E-state index contributed by atoms with van der Waals surface area (Å²) in [5.74, 6) is 2.57. The summed E-state index contributed by atoms with van der Waals surface area (Å²) in [6.45, 7) is 9.10. The molecule has 2 bridgehead atoms. The number of allylic oxidation sites excluding steroid dienone is 1. The van der Waals surface area contributed by atoms with Crippen LogP contribution in [0, 0.1) is 23.7 Å². The summed E-state index contributed by atoms with van der Waals surface area (Å²) in [7, 11) is 0. The Hall–Kier alpha value is -1.61. The predicted octanol–water partition coefficient (Wildman–Crippen LogP) is 4.15. The molecule has 0 amide bonds. The maximum atomic E-state index is 11.0. The second-order valence-electron chi connectivity index (χ2n) is 6.74. The molecule has 5 atom stereocenters. The molecule has 0 unspecified atom stereocenters. The van der Waals surface area contributed by atoms with Crippen LogP contribution in [-0.2, 0) is 9.53 Å². The zero-order chi connectivity index (χ0) is 15.9. The van der Waals surface area contributed by atoms with E-state index in [9.17, 15) is 4.79 Å². The van der Waals surface area contributed by atoms with E-state index in [1.165, 1.54) is 12.5 Å². The molecular weight excluding hydrogens is 276 g/mol. The summed E-state index contributed by atoms with van der Waals surface area (Å²) in [5, 5.41) is 0. The number of hydrogen-bond donors (Lipinski definition) is 0. The minimum Gasteiger partial charge on any atom is -0.427 e. The number of rotatable bonds is 2. The molecule has 1 aromatic carbocycles. The van der Waals surface area contributed by atoms with E-state index in [4.69, 9.17) is 9.47 Å². The van der Waals surface area contributed by atoms with Crippen molar-refractivity contribution in [1.82, 2.24) is 0 Å². The van der Waals surface area contributed by atoms with Crippen LogP contribution >= 0.6 is 0 Å². The smallest absolute Gasteiger partial charge is 0.308 e. The van der Waals surface area contributed by atoms with Gasteiger partial charge in [0.25, 0.3) is 0 Å². The molecule has 1 aromatic rings. The molecule has 2 aliphatic rings. The maximum Gasteiger partial charge on any atom is 0.308 e. The van der Waals surface area contributed by atoms with Crippen LogP contribution in [0.4, 0.5) is 0 Å². The van der Waals surface area contributed by atoms with E-state index >= 15 is 0 Å². The van der Waals surface area contributed by atoms with Gasteiger partial charge in [0.05, 0.1) is 12.7 Å². The highest BCUT2D eigenvalue weighted by Crippen LogP contribution is 2.49. The van der Waals surface area contributed by atoms with Crippen LogP contribution < -0.4 is 4.74 Å². The summed E-state index contributed by atoms with van der Waals surface area (Å²) in [4.78, 5) is 11.0. The zero-order valence-corrected chi connectivity index (χ0v) is 13.7. The van der Waals surface area contributed by atoms with Gasteiger partial charge in [0.15, 0.2) is 0 Å². The van der Waals surface area contributed by atoms with E-state index in [2.05, 4.69) is 26.8 Å². The number of carbonyl (C=O) groups excluding carboxylic acids is 1. The standard InChI is InChI=1S/C19H24O3/c1-11-9-12(2)18-13(3)17(11)10-21-19(18)15-5-7-16(8-6-15)22-14(4)20/h5-9,11,13,17-19H,10H2,1-4H3/t11-,13-,17-,18+,19-/m1/s1. The second-order valence-corrected chi connectivity index (χ2v) is 6.74. The lowest BCUT2D eigenvalue weighted by molar-refractivity contribution is -0.131. The van der Waals surface area contributed by atoms with E-state index in [0.29, 0.717) is 29.4 Å². The average molecular weight is 300 g/mol. The van der Waals surface area contributed by atoms with Crippen molar-refractivity contribution in [1.29, 1.82) is 0 Å². The summed E-state index contributed by atoms with van der Waals surface area (Å²) in [6, 6.07) is 7.73. The van der Waals surface area contributed by atoms with Gasteiger partial charge in [-0.05, 0) is 42.4 Å². The first kappa shape index (κ1) is 15.3. The first-order valence-corrected chi connectivity index (χ1v) is 8.05. The maximum absolute atomic E-state index is 11.0. The van der Waals surface area contributed by atoms with Crippen molar-refractivity contribution < 1.29 is 14.3 Å². The molecule has 1 aliphatic heterocycles. The van der Waals surface area contributed by atoms with Crippen molar-refractivity contribution in [2.24, 2.45) is 23.7 Å². The van der Waals surface area contributed by atoms with Gasteiger partial charge < -0.3 is 9.47 Å². The molecule has 0 N–H and O–H groups in total.